The average Bonchev–Trinajstić information content (AvgIpc) is 3.48. The number of nitrogens with zero attached hydrogens (tertiary/aromatic N) is 2. The maximum Gasteiger partial charge on any atom is 0.356 e. The van der Waals surface area contributed by atoms with Gasteiger partial charge in [0.25, 0.3) is 0 Å². The van der Waals surface area contributed by atoms with E-state index in [1.54, 1.807) is 16.8 Å². The second-order valence-electron chi connectivity index (χ2n) is 8.84. The molecule has 2 aromatic heterocycles. The van der Waals surface area contributed by atoms with Crippen molar-refractivity contribution < 1.29 is 23.5 Å². The Morgan fingerprint density at radius 3 is 2.86 bits per heavy atom. The van der Waals surface area contributed by atoms with Gasteiger partial charge in [0.1, 0.15) is 11.5 Å². The van der Waals surface area contributed by atoms with Crippen molar-refractivity contribution in [3.8, 4) is 0 Å². The van der Waals surface area contributed by atoms with E-state index in [2.05, 4.69) is 15.6 Å². The van der Waals surface area contributed by atoms with Gasteiger partial charge in [-0.3, -0.25) is 4.79 Å². The highest BCUT2D eigenvalue weighted by Crippen LogP contribution is 2.34. The predicted octanol–water partition coefficient (Wildman–Crippen LogP) is 4.74. The number of esters is 1. The number of carbonyl (C=O) groups excluding carboxylic acids is 2. The molecule has 35 heavy (non-hydrogen) atoms. The minimum absolute atomic E-state index is 0.0558. The number of nitrogens with one attached hydrogen (secondary N) is 2. The number of hydrogen-bond donors (Lipinski definition) is 2. The fourth-order valence-electron chi connectivity index (χ4n) is 4.21. The first-order valence-electron chi connectivity index (χ1n) is 11.9. The monoisotopic (exact) mass is 482 g/mol. The molecule has 1 fully saturated rings. The number of amides is 1. The summed E-state index contributed by atoms with van der Waals surface area (Å²) in [6.45, 7) is 5.25. The second-order valence-corrected chi connectivity index (χ2v) is 8.84. The van der Waals surface area contributed by atoms with E-state index in [4.69, 9.17) is 9.47 Å². The van der Waals surface area contributed by atoms with Crippen LogP contribution in [0, 0.1) is 11.7 Å². The van der Waals surface area contributed by atoms with Crippen LogP contribution in [0.25, 0.3) is 11.0 Å². The summed E-state index contributed by atoms with van der Waals surface area (Å²) in [6, 6.07) is 8.18. The van der Waals surface area contributed by atoms with Crippen LogP contribution in [-0.2, 0) is 27.4 Å². The molecule has 2 N–H and O–H groups in total. The molecule has 1 aliphatic heterocycles. The van der Waals surface area contributed by atoms with Gasteiger partial charge in [-0.2, -0.15) is 0 Å². The molecule has 0 spiro atoms. The quantitative estimate of drug-likeness (QED) is 0.428. The van der Waals surface area contributed by atoms with Crippen LogP contribution in [0.4, 0.5) is 15.8 Å². The lowest BCUT2D eigenvalue weighted by Gasteiger charge is -2.15. The Morgan fingerprint density at radius 2 is 2.17 bits per heavy atom. The molecule has 186 valence electrons. The molecule has 3 aromatic rings. The smallest absolute Gasteiger partial charge is 0.356 e. The van der Waals surface area contributed by atoms with E-state index in [0.29, 0.717) is 48.5 Å². The van der Waals surface area contributed by atoms with Gasteiger partial charge in [-0.05, 0) is 43.0 Å². The van der Waals surface area contributed by atoms with Gasteiger partial charge in [-0.15, -0.1) is 0 Å². The van der Waals surface area contributed by atoms with Gasteiger partial charge in [0.2, 0.25) is 5.91 Å². The van der Waals surface area contributed by atoms with E-state index in [1.165, 1.54) is 19.2 Å². The first-order valence-corrected chi connectivity index (χ1v) is 11.9. The van der Waals surface area contributed by atoms with Crippen LogP contribution >= 0.6 is 0 Å². The largest absolute Gasteiger partial charge is 0.464 e. The van der Waals surface area contributed by atoms with Crippen molar-refractivity contribution in [1.82, 2.24) is 9.55 Å². The third-order valence-electron chi connectivity index (χ3n) is 6.38. The summed E-state index contributed by atoms with van der Waals surface area (Å²) in [5.74, 6) is -1.29. The van der Waals surface area contributed by atoms with Crippen LogP contribution in [0.3, 0.4) is 0 Å². The highest BCUT2D eigenvalue weighted by molar-refractivity contribution is 6.11. The topological polar surface area (TPSA) is 94.5 Å². The minimum atomic E-state index is -0.560. The number of ether oxygens (including phenoxy) is 2. The molecule has 1 aliphatic rings. The van der Waals surface area contributed by atoms with Crippen molar-refractivity contribution >= 4 is 34.3 Å². The maximum absolute atomic E-state index is 13.6. The zero-order chi connectivity index (χ0) is 24.9. The summed E-state index contributed by atoms with van der Waals surface area (Å²) < 4.78 is 26.2. The van der Waals surface area contributed by atoms with Gasteiger partial charge >= 0.3 is 5.97 Å². The highest BCUT2D eigenvalue weighted by Gasteiger charge is 2.29. The van der Waals surface area contributed by atoms with Gasteiger partial charge in [0, 0.05) is 24.5 Å². The fraction of sp³-hybridized carbons (Fsp3) is 0.423. The molecule has 0 radical (unpaired) electrons. The van der Waals surface area contributed by atoms with Crippen LogP contribution in [0.2, 0.25) is 0 Å². The van der Waals surface area contributed by atoms with E-state index in [-0.39, 0.29) is 29.4 Å². The van der Waals surface area contributed by atoms with Gasteiger partial charge < -0.3 is 24.7 Å². The van der Waals surface area contributed by atoms with Crippen LogP contribution in [0.15, 0.2) is 36.5 Å². The maximum atomic E-state index is 13.6. The van der Waals surface area contributed by atoms with E-state index >= 15 is 0 Å². The van der Waals surface area contributed by atoms with Crippen molar-refractivity contribution in [3.05, 3.63) is 53.6 Å². The number of benzene rings is 1. The van der Waals surface area contributed by atoms with Crippen LogP contribution in [0.1, 0.15) is 49.2 Å². The molecule has 1 aromatic carbocycles. The van der Waals surface area contributed by atoms with Crippen molar-refractivity contribution in [2.75, 3.05) is 24.4 Å². The number of hydrogen-bond acceptors (Lipinski definition) is 6. The lowest BCUT2D eigenvalue weighted by molar-refractivity contribution is -0.119. The van der Waals surface area contributed by atoms with Crippen LogP contribution in [0.5, 0.6) is 0 Å². The van der Waals surface area contributed by atoms with Crippen LogP contribution in [-0.4, -0.2) is 41.2 Å². The molecule has 0 bridgehead atoms. The third kappa shape index (κ3) is 5.45. The van der Waals surface area contributed by atoms with E-state index in [9.17, 15) is 14.0 Å². The lowest BCUT2D eigenvalue weighted by atomic mass is 10.1. The van der Waals surface area contributed by atoms with Gasteiger partial charge in [0.15, 0.2) is 5.69 Å². The molecule has 2 atom stereocenters. The molecule has 3 heterocycles. The number of pyridine rings is 1. The summed E-state index contributed by atoms with van der Waals surface area (Å²) in [5.41, 5.74) is 2.62. The number of rotatable bonds is 9. The number of anilines is 2. The van der Waals surface area contributed by atoms with Crippen molar-refractivity contribution in [3.63, 3.8) is 0 Å². The van der Waals surface area contributed by atoms with Gasteiger partial charge in [0.05, 0.1) is 37.3 Å². The molecule has 1 amide bonds. The number of methoxy groups -OCH3 is 1. The first-order chi connectivity index (χ1) is 16.9. The average molecular weight is 483 g/mol. The highest BCUT2D eigenvalue weighted by atomic mass is 19.1. The Labute approximate surface area is 203 Å². The van der Waals surface area contributed by atoms with Crippen molar-refractivity contribution in [2.24, 2.45) is 5.92 Å². The SMILES string of the molecule is CCC(C)C(=O)Nc1c(C(=O)OC)n(CC2CCCO2)c2ncc(NCc3cccc(F)c3)cc12. The van der Waals surface area contributed by atoms with E-state index in [0.717, 1.165) is 18.4 Å². The molecule has 8 nitrogen and oxygen atoms in total. The summed E-state index contributed by atoms with van der Waals surface area (Å²) in [5, 5.41) is 6.82. The third-order valence-corrected chi connectivity index (χ3v) is 6.38. The zero-order valence-corrected chi connectivity index (χ0v) is 20.3. The minimum Gasteiger partial charge on any atom is -0.464 e. The predicted molar refractivity (Wildman–Crippen MR) is 132 cm³/mol. The molecular formula is C26H31FN4O4. The summed E-state index contributed by atoms with van der Waals surface area (Å²) in [4.78, 5) is 30.4. The van der Waals surface area contributed by atoms with Gasteiger partial charge in [-0.25, -0.2) is 14.2 Å². The molecule has 2 unspecified atom stereocenters. The number of halogens is 1. The molecular weight excluding hydrogens is 451 g/mol. The normalized spacial score (nSPS) is 16.3. The first kappa shape index (κ1) is 24.7. The zero-order valence-electron chi connectivity index (χ0n) is 20.3. The van der Waals surface area contributed by atoms with E-state index in [1.807, 2.05) is 26.0 Å². The fourth-order valence-corrected chi connectivity index (χ4v) is 4.21. The van der Waals surface area contributed by atoms with Crippen LogP contribution < -0.4 is 10.6 Å². The number of carbonyl (C=O) groups is 2. The molecule has 1 saturated heterocycles. The summed E-state index contributed by atoms with van der Waals surface area (Å²) >= 11 is 0. The molecule has 0 aliphatic carbocycles. The summed E-state index contributed by atoms with van der Waals surface area (Å²) in [7, 11) is 1.32. The van der Waals surface area contributed by atoms with Gasteiger partial charge in [-0.1, -0.05) is 26.0 Å². The van der Waals surface area contributed by atoms with Crippen molar-refractivity contribution in [2.45, 2.75) is 52.3 Å². The Kier molecular flexibility index (Phi) is 7.65. The Morgan fingerprint density at radius 1 is 1.34 bits per heavy atom. The number of fused-ring (bicyclic) bond motifs is 1. The second kappa shape index (κ2) is 10.9. The standard InChI is InChI=1S/C26H31FN4O4/c1-4-16(2)25(32)30-22-21-12-19(28-13-17-7-5-8-18(27)11-17)14-29-24(21)31(23(22)26(33)34-3)15-20-9-6-10-35-20/h5,7-8,11-12,14,16,20,28H,4,6,9-10,13,15H2,1-3H3,(H,30,32). The molecule has 4 rings (SSSR count). The lowest BCUT2D eigenvalue weighted by Crippen LogP contribution is -2.23. The Hall–Kier alpha value is -3.46. The van der Waals surface area contributed by atoms with E-state index < -0.39 is 5.97 Å². The molecule has 0 saturated carbocycles. The van der Waals surface area contributed by atoms with Crippen molar-refractivity contribution in [1.29, 1.82) is 0 Å². The number of aromatic nitrogens is 2. The Balaban J connectivity index is 1.77. The summed E-state index contributed by atoms with van der Waals surface area (Å²) in [6.07, 6.45) is 4.10. The Bertz CT molecular complexity index is 1220. The molecule has 9 heteroatoms.